The minimum Gasteiger partial charge on any atom is -0.496 e. The van der Waals surface area contributed by atoms with Gasteiger partial charge < -0.3 is 26.6 Å². The van der Waals surface area contributed by atoms with Gasteiger partial charge in [-0.25, -0.2) is 18.1 Å². The van der Waals surface area contributed by atoms with Crippen molar-refractivity contribution >= 4 is 33.2 Å². The van der Waals surface area contributed by atoms with Crippen molar-refractivity contribution in [3.63, 3.8) is 0 Å². The fraction of sp³-hybridized carbons (Fsp3) is 0.414. The molecule has 1 unspecified atom stereocenters. The number of aliphatic imine (C=N–C) groups is 1. The van der Waals surface area contributed by atoms with Crippen molar-refractivity contribution in [2.45, 2.75) is 70.0 Å². The fourth-order valence-corrected chi connectivity index (χ4v) is 6.77. The predicted molar refractivity (Wildman–Crippen MR) is 165 cm³/mol. The Kier molecular flexibility index (Phi) is 11.5. The minimum absolute atomic E-state index is 0.121. The molecule has 7 N–H and O–H groups in total. The molecular weight excluding hydrogens is 576 g/mol. The Morgan fingerprint density at radius 2 is 1.86 bits per heavy atom. The van der Waals surface area contributed by atoms with Crippen molar-refractivity contribution in [1.82, 2.24) is 15.0 Å². The molecule has 11 nitrogen and oxygen atoms in total. The van der Waals surface area contributed by atoms with Crippen LogP contribution in [0.2, 0.25) is 0 Å². The van der Waals surface area contributed by atoms with Crippen LogP contribution in [-0.2, 0) is 21.2 Å². The van der Waals surface area contributed by atoms with E-state index in [1.54, 1.807) is 38.4 Å². The molecular formula is C29H40N6O5S2. The maximum absolute atomic E-state index is 13.1. The van der Waals surface area contributed by atoms with Crippen LogP contribution >= 0.6 is 11.3 Å². The van der Waals surface area contributed by atoms with Crippen LogP contribution in [0.1, 0.15) is 51.8 Å². The van der Waals surface area contributed by atoms with Gasteiger partial charge in [0.25, 0.3) is 10.0 Å². The SMILES string of the molecule is COc1cc(C)c(S(=O)(=O)NC(N)=NCCC[C@H](NC(=O)[C@@H](N)Cc2ccc(C)cc2)C(O)c2nccs2)c(C)c1C. The average molecular weight is 617 g/mol. The summed E-state index contributed by atoms with van der Waals surface area (Å²) in [6.45, 7) is 7.32. The molecule has 0 bridgehead atoms. The topological polar surface area (TPSA) is 182 Å². The lowest BCUT2D eigenvalue weighted by atomic mass is 10.0. The molecule has 228 valence electrons. The molecule has 1 heterocycles. The van der Waals surface area contributed by atoms with Crippen molar-refractivity contribution in [3.05, 3.63) is 74.7 Å². The number of carbonyl (C=O) groups excluding carboxylic acids is 1. The summed E-state index contributed by atoms with van der Waals surface area (Å²) in [6, 6.07) is 7.95. The Bertz CT molecular complexity index is 1490. The van der Waals surface area contributed by atoms with Crippen LogP contribution in [-0.4, -0.2) is 56.1 Å². The number of aryl methyl sites for hydroxylation is 2. The quantitative estimate of drug-likeness (QED) is 0.110. The summed E-state index contributed by atoms with van der Waals surface area (Å²) in [5.74, 6) is -0.0563. The number of thiazole rings is 1. The summed E-state index contributed by atoms with van der Waals surface area (Å²) < 4.78 is 33.9. The zero-order valence-corrected chi connectivity index (χ0v) is 26.2. The van der Waals surface area contributed by atoms with E-state index in [0.717, 1.165) is 11.1 Å². The fourth-order valence-electron chi connectivity index (χ4n) is 4.60. The highest BCUT2D eigenvalue weighted by Gasteiger charge is 2.27. The Hall–Kier alpha value is -3.52. The van der Waals surface area contributed by atoms with Gasteiger partial charge in [0.15, 0.2) is 0 Å². The summed E-state index contributed by atoms with van der Waals surface area (Å²) in [5, 5.41) is 16.0. The number of rotatable bonds is 13. The van der Waals surface area contributed by atoms with Crippen molar-refractivity contribution < 1.29 is 23.1 Å². The van der Waals surface area contributed by atoms with Gasteiger partial charge in [-0.3, -0.25) is 9.79 Å². The third-order valence-electron chi connectivity index (χ3n) is 6.99. The first-order chi connectivity index (χ1) is 19.8. The maximum Gasteiger partial charge on any atom is 0.264 e. The van der Waals surface area contributed by atoms with Gasteiger partial charge >= 0.3 is 0 Å². The van der Waals surface area contributed by atoms with E-state index in [2.05, 4.69) is 20.0 Å². The molecule has 1 aromatic heterocycles. The summed E-state index contributed by atoms with van der Waals surface area (Å²) in [5.41, 5.74) is 16.0. The number of benzene rings is 2. The van der Waals surface area contributed by atoms with E-state index >= 15 is 0 Å². The molecule has 0 aliphatic heterocycles. The molecule has 42 heavy (non-hydrogen) atoms. The Morgan fingerprint density at radius 1 is 1.17 bits per heavy atom. The second-order valence-corrected chi connectivity index (χ2v) is 12.8. The number of aliphatic hydroxyl groups excluding tert-OH is 1. The third kappa shape index (κ3) is 8.51. The van der Waals surface area contributed by atoms with Gasteiger partial charge in [0.05, 0.1) is 24.1 Å². The number of hydrogen-bond donors (Lipinski definition) is 5. The van der Waals surface area contributed by atoms with Crippen LogP contribution in [0.15, 0.2) is 51.8 Å². The van der Waals surface area contributed by atoms with Gasteiger partial charge in [0.1, 0.15) is 16.9 Å². The largest absolute Gasteiger partial charge is 0.496 e. The molecule has 0 saturated heterocycles. The molecule has 3 atom stereocenters. The lowest BCUT2D eigenvalue weighted by Gasteiger charge is -2.24. The van der Waals surface area contributed by atoms with Crippen LogP contribution in [0.25, 0.3) is 0 Å². The van der Waals surface area contributed by atoms with Crippen LogP contribution < -0.4 is 26.2 Å². The molecule has 1 amide bonds. The molecule has 0 fully saturated rings. The average Bonchev–Trinajstić information content (AvgIpc) is 3.48. The lowest BCUT2D eigenvalue weighted by Crippen LogP contribution is -2.48. The van der Waals surface area contributed by atoms with Crippen LogP contribution in [0, 0.1) is 27.7 Å². The van der Waals surface area contributed by atoms with E-state index in [-0.39, 0.29) is 17.4 Å². The standard InChI is InChI=1S/C29H40N6O5S2/c1-17-8-10-21(11-9-17)16-22(30)27(37)34-23(25(36)28-32-13-14-41-28)7-6-12-33-29(31)35-42(38,39)26-18(2)15-24(40-5)19(3)20(26)4/h8-11,13-15,22-23,25,36H,6-7,12,16,30H2,1-5H3,(H,34,37)(H3,31,33,35)/t22-,23-,25?/m0/s1. The molecule has 13 heteroatoms. The Labute approximate surface area is 251 Å². The molecule has 0 saturated carbocycles. The number of carbonyl (C=O) groups is 1. The van der Waals surface area contributed by atoms with Crippen LogP contribution in [0.5, 0.6) is 5.75 Å². The van der Waals surface area contributed by atoms with Crippen LogP contribution in [0.3, 0.4) is 0 Å². The maximum atomic E-state index is 13.1. The summed E-state index contributed by atoms with van der Waals surface area (Å²) in [4.78, 5) is 21.4. The number of aliphatic hydroxyl groups is 1. The number of methoxy groups -OCH3 is 1. The van der Waals surface area contributed by atoms with Gasteiger partial charge in [-0.05, 0) is 75.3 Å². The Balaban J connectivity index is 1.64. The first-order valence-electron chi connectivity index (χ1n) is 13.5. The van der Waals surface area contributed by atoms with Crippen molar-refractivity contribution in [2.75, 3.05) is 13.7 Å². The molecule has 0 aliphatic carbocycles. The number of amides is 1. The second kappa shape index (κ2) is 14.6. The van der Waals surface area contributed by atoms with E-state index in [4.69, 9.17) is 16.2 Å². The number of nitrogens with zero attached hydrogens (tertiary/aromatic N) is 2. The van der Waals surface area contributed by atoms with Gasteiger partial charge in [0, 0.05) is 18.1 Å². The van der Waals surface area contributed by atoms with Gasteiger partial charge in [-0.2, -0.15) is 0 Å². The molecule has 3 aromatic rings. The van der Waals surface area contributed by atoms with Gasteiger partial charge in [-0.1, -0.05) is 29.8 Å². The highest BCUT2D eigenvalue weighted by Crippen LogP contribution is 2.30. The molecule has 0 radical (unpaired) electrons. The molecule has 0 spiro atoms. The van der Waals surface area contributed by atoms with Gasteiger partial charge in [0.2, 0.25) is 11.9 Å². The number of guanidine groups is 1. The number of sulfonamides is 1. The lowest BCUT2D eigenvalue weighted by molar-refractivity contribution is -0.124. The Morgan fingerprint density at radius 3 is 2.48 bits per heavy atom. The van der Waals surface area contributed by atoms with Crippen molar-refractivity contribution in [1.29, 1.82) is 0 Å². The number of ether oxygens (including phenoxy) is 1. The number of aromatic nitrogens is 1. The summed E-state index contributed by atoms with van der Waals surface area (Å²) >= 11 is 1.28. The third-order valence-corrected chi connectivity index (χ3v) is 9.48. The smallest absolute Gasteiger partial charge is 0.264 e. The first kappa shape index (κ1) is 33.0. The summed E-state index contributed by atoms with van der Waals surface area (Å²) in [6.07, 6.45) is 1.59. The van der Waals surface area contributed by atoms with E-state index in [9.17, 15) is 18.3 Å². The normalized spacial score (nSPS) is 14.2. The molecule has 3 rings (SSSR count). The van der Waals surface area contributed by atoms with Crippen molar-refractivity contribution in [3.8, 4) is 5.75 Å². The zero-order chi connectivity index (χ0) is 31.0. The number of nitrogens with two attached hydrogens (primary N) is 2. The molecule has 2 aromatic carbocycles. The van der Waals surface area contributed by atoms with E-state index in [0.29, 0.717) is 46.7 Å². The number of nitrogens with one attached hydrogen (secondary N) is 2. The highest BCUT2D eigenvalue weighted by atomic mass is 32.2. The molecule has 0 aliphatic rings. The highest BCUT2D eigenvalue weighted by molar-refractivity contribution is 7.90. The first-order valence-corrected chi connectivity index (χ1v) is 15.9. The van der Waals surface area contributed by atoms with E-state index < -0.39 is 34.1 Å². The number of hydrogen-bond acceptors (Lipinski definition) is 9. The second-order valence-electron chi connectivity index (χ2n) is 10.2. The van der Waals surface area contributed by atoms with Gasteiger partial charge in [-0.15, -0.1) is 11.3 Å². The van der Waals surface area contributed by atoms with Crippen molar-refractivity contribution in [2.24, 2.45) is 16.5 Å². The summed E-state index contributed by atoms with van der Waals surface area (Å²) in [7, 11) is -2.47. The minimum atomic E-state index is -4.00. The van der Waals surface area contributed by atoms with E-state index in [1.165, 1.54) is 18.4 Å². The predicted octanol–water partition coefficient (Wildman–Crippen LogP) is 2.55. The van der Waals surface area contributed by atoms with E-state index in [1.807, 2.05) is 31.2 Å². The monoisotopic (exact) mass is 616 g/mol. The van der Waals surface area contributed by atoms with Crippen LogP contribution in [0.4, 0.5) is 0 Å². The zero-order valence-electron chi connectivity index (χ0n) is 24.5.